The molecular formula is C15H15N5. The first-order chi connectivity index (χ1) is 9.81. The summed E-state index contributed by atoms with van der Waals surface area (Å²) in [5, 5.41) is 3.42. The summed E-state index contributed by atoms with van der Waals surface area (Å²) < 4.78 is 2.06. The number of anilines is 2. The highest BCUT2D eigenvalue weighted by Crippen LogP contribution is 2.28. The van der Waals surface area contributed by atoms with Gasteiger partial charge >= 0.3 is 0 Å². The van der Waals surface area contributed by atoms with E-state index in [0.29, 0.717) is 6.04 Å². The second-order valence-corrected chi connectivity index (χ2v) is 5.15. The molecule has 2 heterocycles. The number of rotatable bonds is 3. The second kappa shape index (κ2) is 4.23. The van der Waals surface area contributed by atoms with Crippen molar-refractivity contribution < 1.29 is 0 Å². The first-order valence-electron chi connectivity index (χ1n) is 6.76. The van der Waals surface area contributed by atoms with E-state index in [2.05, 4.69) is 19.7 Å². The van der Waals surface area contributed by atoms with Crippen LogP contribution in [0.1, 0.15) is 12.8 Å². The van der Waals surface area contributed by atoms with Gasteiger partial charge in [-0.1, -0.05) is 12.1 Å². The van der Waals surface area contributed by atoms with Crippen molar-refractivity contribution in [3.63, 3.8) is 0 Å². The van der Waals surface area contributed by atoms with Gasteiger partial charge in [-0.2, -0.15) is 0 Å². The molecule has 0 saturated heterocycles. The molecule has 100 valence electrons. The lowest BCUT2D eigenvalue weighted by Gasteiger charge is -2.06. The van der Waals surface area contributed by atoms with Gasteiger partial charge in [0.05, 0.1) is 11.9 Å². The summed E-state index contributed by atoms with van der Waals surface area (Å²) >= 11 is 0. The van der Waals surface area contributed by atoms with Gasteiger partial charge in [0.2, 0.25) is 0 Å². The van der Waals surface area contributed by atoms with E-state index in [1.165, 1.54) is 12.8 Å². The third-order valence-corrected chi connectivity index (χ3v) is 3.55. The number of imidazole rings is 1. The predicted molar refractivity (Wildman–Crippen MR) is 79.5 cm³/mol. The van der Waals surface area contributed by atoms with Crippen LogP contribution in [0, 0.1) is 0 Å². The molecule has 20 heavy (non-hydrogen) atoms. The van der Waals surface area contributed by atoms with Crippen LogP contribution in [0.5, 0.6) is 0 Å². The SMILES string of the molecule is Nc1ccc(-c2cnc3c(NC4CC4)nccn23)cc1. The van der Waals surface area contributed by atoms with Gasteiger partial charge in [0.25, 0.3) is 0 Å². The molecule has 0 bridgehead atoms. The number of nitrogens with two attached hydrogens (primary N) is 1. The molecule has 5 heteroatoms. The summed E-state index contributed by atoms with van der Waals surface area (Å²) in [6, 6.07) is 8.38. The van der Waals surface area contributed by atoms with Crippen LogP contribution in [0.3, 0.4) is 0 Å². The smallest absolute Gasteiger partial charge is 0.180 e. The van der Waals surface area contributed by atoms with Crippen LogP contribution < -0.4 is 11.1 Å². The number of benzene rings is 1. The van der Waals surface area contributed by atoms with E-state index >= 15 is 0 Å². The minimum absolute atomic E-state index is 0.561. The van der Waals surface area contributed by atoms with Crippen LogP contribution in [-0.4, -0.2) is 20.4 Å². The topological polar surface area (TPSA) is 68.2 Å². The Balaban J connectivity index is 1.82. The molecule has 1 aliphatic carbocycles. The van der Waals surface area contributed by atoms with Crippen molar-refractivity contribution in [2.75, 3.05) is 11.1 Å². The highest BCUT2D eigenvalue weighted by atomic mass is 15.1. The Morgan fingerprint density at radius 2 is 1.95 bits per heavy atom. The molecule has 1 fully saturated rings. The van der Waals surface area contributed by atoms with Gasteiger partial charge in [-0.3, -0.25) is 4.40 Å². The molecule has 0 radical (unpaired) electrons. The average Bonchev–Trinajstić information content (AvgIpc) is 3.17. The highest BCUT2D eigenvalue weighted by molar-refractivity contribution is 5.71. The number of nitrogen functional groups attached to an aromatic ring is 1. The van der Waals surface area contributed by atoms with E-state index in [0.717, 1.165) is 28.4 Å². The fourth-order valence-corrected chi connectivity index (χ4v) is 2.31. The molecule has 0 atom stereocenters. The highest BCUT2D eigenvalue weighted by Gasteiger charge is 2.23. The maximum Gasteiger partial charge on any atom is 0.180 e. The lowest BCUT2D eigenvalue weighted by Crippen LogP contribution is -2.05. The largest absolute Gasteiger partial charge is 0.399 e. The molecule has 4 rings (SSSR count). The van der Waals surface area contributed by atoms with Crippen LogP contribution >= 0.6 is 0 Å². The quantitative estimate of drug-likeness (QED) is 0.714. The molecule has 5 nitrogen and oxygen atoms in total. The monoisotopic (exact) mass is 265 g/mol. The third-order valence-electron chi connectivity index (χ3n) is 3.55. The number of fused-ring (bicyclic) bond motifs is 1. The van der Waals surface area contributed by atoms with Crippen molar-refractivity contribution in [3.05, 3.63) is 42.9 Å². The maximum absolute atomic E-state index is 5.74. The number of nitrogens with zero attached hydrogens (tertiary/aromatic N) is 3. The van der Waals surface area contributed by atoms with Crippen LogP contribution in [0.4, 0.5) is 11.5 Å². The summed E-state index contributed by atoms with van der Waals surface area (Å²) in [6.07, 6.45) is 8.05. The van der Waals surface area contributed by atoms with Crippen molar-refractivity contribution in [1.82, 2.24) is 14.4 Å². The van der Waals surface area contributed by atoms with E-state index in [9.17, 15) is 0 Å². The number of nitrogens with one attached hydrogen (secondary N) is 1. The minimum Gasteiger partial charge on any atom is -0.399 e. The fraction of sp³-hybridized carbons (Fsp3) is 0.200. The Morgan fingerprint density at radius 1 is 1.15 bits per heavy atom. The summed E-state index contributed by atoms with van der Waals surface area (Å²) in [5.74, 6) is 0.858. The van der Waals surface area contributed by atoms with Gasteiger partial charge in [-0.25, -0.2) is 9.97 Å². The van der Waals surface area contributed by atoms with Crippen molar-refractivity contribution in [3.8, 4) is 11.3 Å². The van der Waals surface area contributed by atoms with E-state index in [1.54, 1.807) is 6.20 Å². The van der Waals surface area contributed by atoms with Gasteiger partial charge in [-0.15, -0.1) is 0 Å². The lowest BCUT2D eigenvalue weighted by molar-refractivity contribution is 1.07. The zero-order chi connectivity index (χ0) is 13.5. The minimum atomic E-state index is 0.561. The molecular weight excluding hydrogens is 250 g/mol. The van der Waals surface area contributed by atoms with E-state index in [4.69, 9.17) is 5.73 Å². The van der Waals surface area contributed by atoms with Gasteiger partial charge in [-0.05, 0) is 25.0 Å². The first kappa shape index (κ1) is 11.3. The van der Waals surface area contributed by atoms with Crippen LogP contribution in [-0.2, 0) is 0 Å². The van der Waals surface area contributed by atoms with Crippen LogP contribution in [0.15, 0.2) is 42.9 Å². The molecule has 0 amide bonds. The Bertz CT molecular complexity index is 756. The van der Waals surface area contributed by atoms with Gasteiger partial charge in [0.15, 0.2) is 11.5 Å². The van der Waals surface area contributed by atoms with Crippen molar-refractivity contribution >= 4 is 17.2 Å². The molecule has 0 spiro atoms. The Labute approximate surface area is 116 Å². The molecule has 1 saturated carbocycles. The van der Waals surface area contributed by atoms with Gasteiger partial charge < -0.3 is 11.1 Å². The normalized spacial score (nSPS) is 14.6. The number of hydrogen-bond donors (Lipinski definition) is 2. The van der Waals surface area contributed by atoms with Crippen LogP contribution in [0.2, 0.25) is 0 Å². The van der Waals surface area contributed by atoms with Crippen LogP contribution in [0.25, 0.3) is 16.9 Å². The van der Waals surface area contributed by atoms with Gasteiger partial charge in [0.1, 0.15) is 0 Å². The standard InChI is InChI=1S/C15H15N5/c16-11-3-1-10(2-4-11)13-9-18-15-14(19-12-5-6-12)17-7-8-20(13)15/h1-4,7-9,12H,5-6,16H2,(H,17,19). The zero-order valence-electron chi connectivity index (χ0n) is 11.0. The van der Waals surface area contributed by atoms with Crippen molar-refractivity contribution in [1.29, 1.82) is 0 Å². The molecule has 0 aliphatic heterocycles. The number of aromatic nitrogens is 3. The summed E-state index contributed by atoms with van der Waals surface area (Å²) in [6.45, 7) is 0. The van der Waals surface area contributed by atoms with E-state index in [-0.39, 0.29) is 0 Å². The molecule has 0 unspecified atom stereocenters. The van der Waals surface area contributed by atoms with E-state index in [1.807, 2.05) is 36.7 Å². The summed E-state index contributed by atoms with van der Waals surface area (Å²) in [5.41, 5.74) is 9.50. The Morgan fingerprint density at radius 3 is 2.70 bits per heavy atom. The lowest BCUT2D eigenvalue weighted by atomic mass is 10.1. The predicted octanol–water partition coefficient (Wildman–Crippen LogP) is 2.55. The molecule has 2 aromatic heterocycles. The summed E-state index contributed by atoms with van der Waals surface area (Å²) in [4.78, 5) is 8.90. The molecule has 3 aromatic rings. The molecule has 3 N–H and O–H groups in total. The van der Waals surface area contributed by atoms with Gasteiger partial charge in [0, 0.05) is 29.7 Å². The zero-order valence-corrected chi connectivity index (χ0v) is 11.0. The maximum atomic E-state index is 5.74. The van der Waals surface area contributed by atoms with Crippen molar-refractivity contribution in [2.24, 2.45) is 0 Å². The Hall–Kier alpha value is -2.56. The first-order valence-corrected chi connectivity index (χ1v) is 6.76. The fourth-order valence-electron chi connectivity index (χ4n) is 2.31. The molecule has 1 aromatic carbocycles. The van der Waals surface area contributed by atoms with Crippen molar-refractivity contribution in [2.45, 2.75) is 18.9 Å². The summed E-state index contributed by atoms with van der Waals surface area (Å²) in [7, 11) is 0. The average molecular weight is 265 g/mol. The number of hydrogen-bond acceptors (Lipinski definition) is 4. The second-order valence-electron chi connectivity index (χ2n) is 5.15. The van der Waals surface area contributed by atoms with E-state index < -0.39 is 0 Å². The third kappa shape index (κ3) is 1.87. The Kier molecular flexibility index (Phi) is 2.39. The molecule has 1 aliphatic rings.